The van der Waals surface area contributed by atoms with Crippen LogP contribution in [0.3, 0.4) is 0 Å². The molecule has 1 N–H and O–H groups in total. The van der Waals surface area contributed by atoms with Crippen LogP contribution in [-0.4, -0.2) is 28.3 Å². The zero-order chi connectivity index (χ0) is 22.2. The smallest absolute Gasteiger partial charge is 0.229 e. The van der Waals surface area contributed by atoms with Gasteiger partial charge in [-0.2, -0.15) is 0 Å². The molecule has 2 aromatic rings. The van der Waals surface area contributed by atoms with Crippen LogP contribution < -0.4 is 9.46 Å². The summed E-state index contributed by atoms with van der Waals surface area (Å²) in [6.07, 6.45) is 1.00. The van der Waals surface area contributed by atoms with E-state index in [2.05, 4.69) is 41.4 Å². The molecule has 2 aromatic carbocycles. The molecule has 0 radical (unpaired) electrons. The summed E-state index contributed by atoms with van der Waals surface area (Å²) in [6, 6.07) is 18.5. The van der Waals surface area contributed by atoms with Gasteiger partial charge in [-0.1, -0.05) is 73.1 Å². The molecule has 0 aliphatic heterocycles. The number of hydrogen-bond donors (Lipinski definition) is 1. The number of nitrogens with one attached hydrogen (secondary N) is 1. The van der Waals surface area contributed by atoms with Gasteiger partial charge in [0, 0.05) is 5.33 Å². The quantitative estimate of drug-likeness (QED) is 0.275. The van der Waals surface area contributed by atoms with Crippen LogP contribution in [0.15, 0.2) is 48.5 Å². The largest absolute Gasteiger partial charge is 0.487 e. The number of ether oxygens (including phenoxy) is 1. The molecular weight excluding hydrogens is 482 g/mol. The fraction of sp³-hybridized carbons (Fsp3) is 0.455. The van der Waals surface area contributed by atoms with Crippen LogP contribution in [0.2, 0.25) is 18.1 Å². The molecule has 5 nitrogen and oxygen atoms in total. The van der Waals surface area contributed by atoms with Crippen LogP contribution >= 0.6 is 15.9 Å². The molecule has 0 bridgehead atoms. The van der Waals surface area contributed by atoms with Crippen molar-refractivity contribution < 1.29 is 17.6 Å². The van der Waals surface area contributed by atoms with Crippen LogP contribution in [0, 0.1) is 0 Å². The number of rotatable bonds is 12. The van der Waals surface area contributed by atoms with Gasteiger partial charge in [-0.05, 0) is 41.4 Å². The van der Waals surface area contributed by atoms with Gasteiger partial charge in [0.25, 0.3) is 0 Å². The second-order valence-electron chi connectivity index (χ2n) is 7.41. The van der Waals surface area contributed by atoms with Gasteiger partial charge in [-0.3, -0.25) is 4.72 Å². The summed E-state index contributed by atoms with van der Waals surface area (Å²) in [5, 5.41) is 0.643. The standard InChI is InChI=1S/C22H32BrNO4SSi/c1-5-30(6-2,7-3)28-22(16-23)19-13-14-21(20(15-19)24-29(4,25)26)27-17-18-11-9-8-10-12-18/h8-15,22,24H,5-7,16-17H2,1-4H3. The molecule has 2 rings (SSSR count). The highest BCUT2D eigenvalue weighted by atomic mass is 79.9. The first-order chi connectivity index (χ1) is 14.3. The first kappa shape index (κ1) is 24.9. The molecule has 0 amide bonds. The number of benzene rings is 2. The molecule has 1 unspecified atom stereocenters. The minimum absolute atomic E-state index is 0.139. The maximum absolute atomic E-state index is 11.9. The van der Waals surface area contributed by atoms with E-state index in [9.17, 15) is 8.42 Å². The molecule has 0 saturated heterocycles. The molecule has 30 heavy (non-hydrogen) atoms. The molecule has 0 saturated carbocycles. The summed E-state index contributed by atoms with van der Waals surface area (Å²) < 4.78 is 39.1. The third-order valence-electron chi connectivity index (χ3n) is 5.37. The lowest BCUT2D eigenvalue weighted by Crippen LogP contribution is -2.37. The van der Waals surface area contributed by atoms with Gasteiger partial charge in [-0.25, -0.2) is 8.42 Å². The average molecular weight is 515 g/mol. The summed E-state index contributed by atoms with van der Waals surface area (Å²) in [7, 11) is -5.28. The normalized spacial score (nSPS) is 13.1. The minimum atomic E-state index is -3.45. The SMILES string of the molecule is CC[Si](CC)(CC)OC(CBr)c1ccc(OCc2ccccc2)c(NS(C)(=O)=O)c1. The third-order valence-corrected chi connectivity index (χ3v) is 11.2. The molecular formula is C22H32BrNO4SSi. The van der Waals surface area contributed by atoms with Gasteiger partial charge < -0.3 is 9.16 Å². The van der Waals surface area contributed by atoms with Gasteiger partial charge in [0.15, 0.2) is 8.32 Å². The van der Waals surface area contributed by atoms with E-state index in [-0.39, 0.29) is 6.10 Å². The van der Waals surface area contributed by atoms with E-state index in [1.807, 2.05) is 48.5 Å². The van der Waals surface area contributed by atoms with Crippen LogP contribution in [0.5, 0.6) is 5.75 Å². The molecule has 1 atom stereocenters. The molecule has 166 valence electrons. The highest BCUT2D eigenvalue weighted by Crippen LogP contribution is 2.35. The van der Waals surface area contributed by atoms with Crippen molar-refractivity contribution in [2.24, 2.45) is 0 Å². The van der Waals surface area contributed by atoms with Crippen molar-refractivity contribution in [1.82, 2.24) is 0 Å². The number of alkyl halides is 1. The summed E-state index contributed by atoms with van der Waals surface area (Å²) in [4.78, 5) is 0. The Morgan fingerprint density at radius 2 is 1.67 bits per heavy atom. The Balaban J connectivity index is 2.33. The Labute approximate surface area is 190 Å². The summed E-state index contributed by atoms with van der Waals surface area (Å²) in [6.45, 7) is 6.94. The van der Waals surface area contributed by atoms with E-state index < -0.39 is 18.3 Å². The van der Waals surface area contributed by atoms with Crippen LogP contribution in [-0.2, 0) is 21.1 Å². The Morgan fingerprint density at radius 1 is 1.03 bits per heavy atom. The fourth-order valence-corrected chi connectivity index (χ4v) is 7.51. The van der Waals surface area contributed by atoms with Crippen molar-refractivity contribution >= 4 is 40.0 Å². The molecule has 8 heteroatoms. The summed E-state index contributed by atoms with van der Waals surface area (Å²) >= 11 is 3.59. The molecule has 0 heterocycles. The lowest BCUT2D eigenvalue weighted by atomic mass is 10.1. The minimum Gasteiger partial charge on any atom is -0.487 e. The number of sulfonamides is 1. The van der Waals surface area contributed by atoms with E-state index in [4.69, 9.17) is 9.16 Å². The van der Waals surface area contributed by atoms with E-state index >= 15 is 0 Å². The first-order valence-electron chi connectivity index (χ1n) is 10.3. The molecule has 0 fully saturated rings. The van der Waals surface area contributed by atoms with Crippen molar-refractivity contribution in [3.63, 3.8) is 0 Å². The molecule has 0 aliphatic rings. The maximum Gasteiger partial charge on any atom is 0.229 e. The first-order valence-corrected chi connectivity index (χ1v) is 15.8. The van der Waals surface area contributed by atoms with E-state index in [1.165, 1.54) is 0 Å². The van der Waals surface area contributed by atoms with Crippen LogP contribution in [0.25, 0.3) is 0 Å². The topological polar surface area (TPSA) is 64.6 Å². The Morgan fingerprint density at radius 3 is 2.20 bits per heavy atom. The average Bonchev–Trinajstić information content (AvgIpc) is 2.74. The van der Waals surface area contributed by atoms with E-state index in [0.29, 0.717) is 23.4 Å². The highest BCUT2D eigenvalue weighted by molar-refractivity contribution is 9.09. The van der Waals surface area contributed by atoms with Crippen molar-refractivity contribution in [3.8, 4) is 5.75 Å². The predicted molar refractivity (Wildman–Crippen MR) is 130 cm³/mol. The maximum atomic E-state index is 11.9. The lowest BCUT2D eigenvalue weighted by molar-refractivity contribution is 0.216. The zero-order valence-corrected chi connectivity index (χ0v) is 21.6. The number of anilines is 1. The number of halogens is 1. The summed E-state index contributed by atoms with van der Waals surface area (Å²) in [5.74, 6) is 0.492. The number of hydrogen-bond acceptors (Lipinski definition) is 4. The van der Waals surface area contributed by atoms with Crippen molar-refractivity contribution in [1.29, 1.82) is 0 Å². The van der Waals surface area contributed by atoms with Gasteiger partial charge in [0.1, 0.15) is 12.4 Å². The lowest BCUT2D eigenvalue weighted by Gasteiger charge is -2.33. The second kappa shape index (κ2) is 11.3. The van der Waals surface area contributed by atoms with E-state index in [0.717, 1.165) is 35.5 Å². The Hall–Kier alpha value is -1.35. The third kappa shape index (κ3) is 7.11. The molecule has 0 spiro atoms. The molecule has 0 aliphatic carbocycles. The molecule has 0 aromatic heterocycles. The zero-order valence-electron chi connectivity index (χ0n) is 18.2. The van der Waals surface area contributed by atoms with Gasteiger partial charge in [-0.15, -0.1) is 0 Å². The van der Waals surface area contributed by atoms with Gasteiger partial charge >= 0.3 is 0 Å². The second-order valence-corrected chi connectivity index (χ2v) is 14.5. The monoisotopic (exact) mass is 513 g/mol. The van der Waals surface area contributed by atoms with Crippen LogP contribution in [0.1, 0.15) is 38.0 Å². The van der Waals surface area contributed by atoms with Gasteiger partial charge in [0.05, 0.1) is 18.0 Å². The van der Waals surface area contributed by atoms with Crippen molar-refractivity contribution in [3.05, 3.63) is 59.7 Å². The highest BCUT2D eigenvalue weighted by Gasteiger charge is 2.32. The van der Waals surface area contributed by atoms with Crippen LogP contribution in [0.4, 0.5) is 5.69 Å². The van der Waals surface area contributed by atoms with Crippen molar-refractivity contribution in [2.75, 3.05) is 16.3 Å². The van der Waals surface area contributed by atoms with Gasteiger partial charge in [0.2, 0.25) is 10.0 Å². The summed E-state index contributed by atoms with van der Waals surface area (Å²) in [5.41, 5.74) is 2.37. The predicted octanol–water partition coefficient (Wildman–Crippen LogP) is 6.09. The Kier molecular flexibility index (Phi) is 9.40. The fourth-order valence-electron chi connectivity index (χ4n) is 3.38. The Bertz CT molecular complexity index is 896. The van der Waals surface area contributed by atoms with E-state index in [1.54, 1.807) is 0 Å². The van der Waals surface area contributed by atoms with Crippen molar-refractivity contribution in [2.45, 2.75) is 51.6 Å².